The van der Waals surface area contributed by atoms with Gasteiger partial charge in [-0.15, -0.1) is 0 Å². The smallest absolute Gasteiger partial charge is 0.404 e. The van der Waals surface area contributed by atoms with Gasteiger partial charge in [0.2, 0.25) is 0 Å². The molecule has 1 saturated heterocycles. The van der Waals surface area contributed by atoms with Gasteiger partial charge in [0.1, 0.15) is 12.9 Å². The topological polar surface area (TPSA) is 79.1 Å². The lowest BCUT2D eigenvalue weighted by Gasteiger charge is -2.44. The van der Waals surface area contributed by atoms with E-state index >= 15 is 0 Å². The van der Waals surface area contributed by atoms with Crippen molar-refractivity contribution in [3.63, 3.8) is 0 Å². The fourth-order valence-corrected chi connectivity index (χ4v) is 6.19. The first-order valence-electron chi connectivity index (χ1n) is 12.8. The minimum atomic E-state index is -1.09. The SMILES string of the molecule is CON=Cc1c(CNC(=O)O)n(C2CCN(C3CCC(C(C)(C)C)CC3)CC2)c2ccc(F)cc12. The number of halogens is 1. The van der Waals surface area contributed by atoms with E-state index in [1.54, 1.807) is 12.3 Å². The van der Waals surface area contributed by atoms with E-state index in [2.05, 4.69) is 40.7 Å². The van der Waals surface area contributed by atoms with E-state index in [4.69, 9.17) is 4.84 Å². The number of aromatic nitrogens is 1. The van der Waals surface area contributed by atoms with Gasteiger partial charge in [0.25, 0.3) is 0 Å². The van der Waals surface area contributed by atoms with Crippen LogP contribution in [0.4, 0.5) is 9.18 Å². The van der Waals surface area contributed by atoms with Gasteiger partial charge >= 0.3 is 6.09 Å². The molecule has 1 aliphatic heterocycles. The molecule has 7 nitrogen and oxygen atoms in total. The summed E-state index contributed by atoms with van der Waals surface area (Å²) in [5, 5.41) is 16.4. The Labute approximate surface area is 207 Å². The monoisotopic (exact) mass is 486 g/mol. The van der Waals surface area contributed by atoms with Crippen LogP contribution < -0.4 is 5.32 Å². The third-order valence-electron chi connectivity index (χ3n) is 8.11. The summed E-state index contributed by atoms with van der Waals surface area (Å²) in [6.45, 7) is 9.23. The Kier molecular flexibility index (Phi) is 7.69. The van der Waals surface area contributed by atoms with Crippen molar-refractivity contribution in [1.29, 1.82) is 0 Å². The molecule has 1 aliphatic carbocycles. The summed E-state index contributed by atoms with van der Waals surface area (Å²) >= 11 is 0. The Bertz CT molecular complexity index is 1060. The van der Waals surface area contributed by atoms with Crippen molar-refractivity contribution >= 4 is 23.2 Å². The quantitative estimate of drug-likeness (QED) is 0.401. The van der Waals surface area contributed by atoms with Gasteiger partial charge < -0.3 is 24.7 Å². The summed E-state index contributed by atoms with van der Waals surface area (Å²) in [4.78, 5) is 18.9. The molecular formula is C27H39FN4O3. The van der Waals surface area contributed by atoms with E-state index in [0.717, 1.165) is 48.4 Å². The lowest BCUT2D eigenvalue weighted by atomic mass is 9.71. The zero-order valence-electron chi connectivity index (χ0n) is 21.4. The molecule has 8 heteroatoms. The average Bonchev–Trinajstić information content (AvgIpc) is 3.13. The number of nitrogens with zero attached hydrogens (tertiary/aromatic N) is 3. The van der Waals surface area contributed by atoms with Crippen molar-refractivity contribution in [2.45, 2.75) is 77.9 Å². The highest BCUT2D eigenvalue weighted by atomic mass is 19.1. The van der Waals surface area contributed by atoms with Crippen LogP contribution in [-0.4, -0.2) is 53.1 Å². The maximum atomic E-state index is 14.2. The molecule has 2 N–H and O–H groups in total. The number of rotatable bonds is 6. The number of fused-ring (bicyclic) bond motifs is 1. The molecule has 2 fully saturated rings. The number of hydrogen-bond acceptors (Lipinski definition) is 4. The zero-order chi connectivity index (χ0) is 25.2. The first-order chi connectivity index (χ1) is 16.7. The van der Waals surface area contributed by atoms with Crippen LogP contribution in [0.25, 0.3) is 10.9 Å². The van der Waals surface area contributed by atoms with Crippen molar-refractivity contribution in [1.82, 2.24) is 14.8 Å². The molecule has 1 amide bonds. The average molecular weight is 487 g/mol. The van der Waals surface area contributed by atoms with Crippen molar-refractivity contribution in [3.8, 4) is 0 Å². The van der Waals surface area contributed by atoms with E-state index in [9.17, 15) is 14.3 Å². The van der Waals surface area contributed by atoms with Crippen LogP contribution in [0.15, 0.2) is 23.4 Å². The summed E-state index contributed by atoms with van der Waals surface area (Å²) in [6.07, 6.45) is 7.54. The third-order valence-corrected chi connectivity index (χ3v) is 8.11. The highest BCUT2D eigenvalue weighted by Gasteiger charge is 2.34. The van der Waals surface area contributed by atoms with Crippen molar-refractivity contribution < 1.29 is 19.1 Å². The molecule has 1 aromatic carbocycles. The number of carbonyl (C=O) groups is 1. The number of benzene rings is 1. The van der Waals surface area contributed by atoms with Crippen LogP contribution in [0, 0.1) is 17.2 Å². The van der Waals surface area contributed by atoms with Crippen LogP contribution in [0.2, 0.25) is 0 Å². The first-order valence-corrected chi connectivity index (χ1v) is 12.8. The summed E-state index contributed by atoms with van der Waals surface area (Å²) in [6, 6.07) is 5.62. The predicted octanol–water partition coefficient (Wildman–Crippen LogP) is 5.77. The highest BCUT2D eigenvalue weighted by Crippen LogP contribution is 2.40. The second kappa shape index (κ2) is 10.6. The number of nitrogens with one attached hydrogen (secondary N) is 1. The molecule has 4 rings (SSSR count). The van der Waals surface area contributed by atoms with E-state index in [0.29, 0.717) is 17.0 Å². The van der Waals surface area contributed by atoms with Gasteiger partial charge in [-0.3, -0.25) is 0 Å². The molecule has 1 saturated carbocycles. The minimum absolute atomic E-state index is 0.119. The van der Waals surface area contributed by atoms with Crippen LogP contribution in [0.3, 0.4) is 0 Å². The van der Waals surface area contributed by atoms with Gasteiger partial charge in [0, 0.05) is 47.3 Å². The number of piperidine rings is 1. The summed E-state index contributed by atoms with van der Waals surface area (Å²) in [5.74, 6) is 0.472. The molecule has 1 aromatic heterocycles. The van der Waals surface area contributed by atoms with E-state index in [-0.39, 0.29) is 18.4 Å². The van der Waals surface area contributed by atoms with Crippen LogP contribution in [-0.2, 0) is 11.4 Å². The predicted molar refractivity (Wildman–Crippen MR) is 136 cm³/mol. The maximum Gasteiger partial charge on any atom is 0.404 e. The summed E-state index contributed by atoms with van der Waals surface area (Å²) in [5.41, 5.74) is 2.77. The number of amides is 1. The van der Waals surface area contributed by atoms with Gasteiger partial charge in [-0.25, -0.2) is 9.18 Å². The highest BCUT2D eigenvalue weighted by molar-refractivity contribution is 6.01. The Morgan fingerprint density at radius 1 is 1.17 bits per heavy atom. The van der Waals surface area contributed by atoms with E-state index in [1.807, 2.05) is 0 Å². The Hall–Kier alpha value is -2.61. The Balaban J connectivity index is 1.56. The molecule has 0 atom stereocenters. The molecule has 0 bridgehead atoms. The summed E-state index contributed by atoms with van der Waals surface area (Å²) < 4.78 is 16.4. The van der Waals surface area contributed by atoms with Gasteiger partial charge in [-0.2, -0.15) is 0 Å². The van der Waals surface area contributed by atoms with Crippen molar-refractivity contribution in [3.05, 3.63) is 35.3 Å². The Morgan fingerprint density at radius 3 is 2.46 bits per heavy atom. The van der Waals surface area contributed by atoms with Gasteiger partial charge in [0.05, 0.1) is 12.8 Å². The minimum Gasteiger partial charge on any atom is -0.465 e. The molecule has 0 unspecified atom stereocenters. The molecule has 0 spiro atoms. The van der Waals surface area contributed by atoms with E-state index in [1.165, 1.54) is 44.9 Å². The van der Waals surface area contributed by atoms with Crippen molar-refractivity contribution in [2.75, 3.05) is 20.2 Å². The lowest BCUT2D eigenvalue weighted by Crippen LogP contribution is -2.44. The maximum absolute atomic E-state index is 14.2. The molecular weight excluding hydrogens is 447 g/mol. The van der Waals surface area contributed by atoms with Crippen molar-refractivity contribution in [2.24, 2.45) is 16.5 Å². The number of carboxylic acid groups (broad SMARTS) is 1. The molecule has 192 valence electrons. The van der Waals surface area contributed by atoms with Gasteiger partial charge in [0.15, 0.2) is 0 Å². The Morgan fingerprint density at radius 2 is 1.86 bits per heavy atom. The molecule has 2 aromatic rings. The van der Waals surface area contributed by atoms with Crippen LogP contribution in [0.5, 0.6) is 0 Å². The fourth-order valence-electron chi connectivity index (χ4n) is 6.19. The molecule has 2 aliphatic rings. The standard InChI is InChI=1S/C27H39FN4O3/c1-27(2,3)18-5-8-20(9-6-18)31-13-11-21(12-14-31)32-24-10-7-19(28)15-22(24)23(16-30-35-4)25(32)17-29-26(33)34/h7,10,15-16,18,20-21,29H,5-6,8-9,11-14,17H2,1-4H3,(H,33,34). The van der Waals surface area contributed by atoms with Crippen LogP contribution >= 0.6 is 0 Å². The lowest BCUT2D eigenvalue weighted by molar-refractivity contribution is 0.0719. The zero-order valence-corrected chi connectivity index (χ0v) is 21.4. The third kappa shape index (κ3) is 5.63. The normalized spacial score (nSPS) is 22.7. The largest absolute Gasteiger partial charge is 0.465 e. The molecule has 35 heavy (non-hydrogen) atoms. The summed E-state index contributed by atoms with van der Waals surface area (Å²) in [7, 11) is 1.45. The number of likely N-dealkylation sites (tertiary alicyclic amines) is 1. The first kappa shape index (κ1) is 25.5. The number of oxime groups is 1. The van der Waals surface area contributed by atoms with Gasteiger partial charge in [-0.05, 0) is 68.1 Å². The molecule has 2 heterocycles. The fraction of sp³-hybridized carbons (Fsp3) is 0.630. The van der Waals surface area contributed by atoms with E-state index < -0.39 is 6.09 Å². The second-order valence-corrected chi connectivity index (χ2v) is 11.1. The molecule has 0 radical (unpaired) electrons. The number of hydrogen-bond donors (Lipinski definition) is 2. The van der Waals surface area contributed by atoms with Gasteiger partial charge in [-0.1, -0.05) is 25.9 Å². The second-order valence-electron chi connectivity index (χ2n) is 11.1. The van der Waals surface area contributed by atoms with Crippen LogP contribution in [0.1, 0.15) is 76.6 Å².